The quantitative estimate of drug-likeness (QED) is 0.184. The molecule has 2 aromatic rings. The molecule has 0 aliphatic carbocycles. The summed E-state index contributed by atoms with van der Waals surface area (Å²) in [6.07, 6.45) is 19.5. The fourth-order valence-corrected chi connectivity index (χ4v) is 8.14. The van der Waals surface area contributed by atoms with Gasteiger partial charge in [0.25, 0.3) is 0 Å². The van der Waals surface area contributed by atoms with Crippen LogP contribution in [0.1, 0.15) is 102 Å². The van der Waals surface area contributed by atoms with Crippen LogP contribution in [0.15, 0.2) is 22.0 Å². The van der Waals surface area contributed by atoms with Crippen molar-refractivity contribution >= 4 is 29.0 Å². The van der Waals surface area contributed by atoms with Gasteiger partial charge in [-0.05, 0) is 0 Å². The van der Waals surface area contributed by atoms with Gasteiger partial charge < -0.3 is 0 Å². The van der Waals surface area contributed by atoms with Gasteiger partial charge in [-0.1, -0.05) is 0 Å². The molecular weight excluding hydrogens is 446 g/mol. The summed E-state index contributed by atoms with van der Waals surface area (Å²) >= 11 is 1.21. The Morgan fingerprint density at radius 3 is 1.35 bits per heavy atom. The van der Waals surface area contributed by atoms with Gasteiger partial charge in [-0.2, -0.15) is 0 Å². The van der Waals surface area contributed by atoms with Crippen LogP contribution in [0.4, 0.5) is 0 Å². The van der Waals surface area contributed by atoms with Crippen LogP contribution in [0.3, 0.4) is 0 Å². The molecule has 0 radical (unpaired) electrons. The fraction of sp³-hybridized carbons (Fsp3) is 0.667. The Morgan fingerprint density at radius 2 is 0.923 bits per heavy atom. The maximum absolute atomic E-state index is 2.55. The third-order valence-corrected chi connectivity index (χ3v) is 10.1. The maximum atomic E-state index is 2.55. The molecule has 2 heteroatoms. The third-order valence-electron chi connectivity index (χ3n) is 5.19. The molecule has 2 aromatic heterocycles. The van der Waals surface area contributed by atoms with Gasteiger partial charge in [0.15, 0.2) is 0 Å². The van der Waals surface area contributed by atoms with Crippen LogP contribution >= 0.6 is 0 Å². The Labute approximate surface area is 174 Å². The fourth-order valence-electron chi connectivity index (χ4n) is 3.49. The van der Waals surface area contributed by atoms with Crippen LogP contribution in [0, 0.1) is 0 Å². The van der Waals surface area contributed by atoms with Gasteiger partial charge >= 0.3 is 175 Å². The summed E-state index contributed by atoms with van der Waals surface area (Å²) < 4.78 is 3.38. The molecule has 0 nitrogen and oxygen atoms in total. The predicted molar refractivity (Wildman–Crippen MR) is 120 cm³/mol. The molecule has 0 fully saturated rings. The molecule has 0 saturated carbocycles. The van der Waals surface area contributed by atoms with Gasteiger partial charge in [-0.15, -0.1) is 0 Å². The Hall–Kier alpha value is -0.00104. The molecule has 0 unspecified atom stereocenters. The van der Waals surface area contributed by atoms with E-state index in [1.807, 2.05) is 0 Å². The van der Waals surface area contributed by atoms with E-state index in [4.69, 9.17) is 0 Å². The first kappa shape index (κ1) is 22.3. The van der Waals surface area contributed by atoms with E-state index in [-0.39, 0.29) is 0 Å². The molecular formula is C24H38Se2. The molecule has 26 heavy (non-hydrogen) atoms. The van der Waals surface area contributed by atoms with E-state index < -0.39 is 0 Å². The summed E-state index contributed by atoms with van der Waals surface area (Å²) in [5.74, 6) is 0. The summed E-state index contributed by atoms with van der Waals surface area (Å²) in [4.78, 5) is 5.11. The number of hydrogen-bond donors (Lipinski definition) is 0. The van der Waals surface area contributed by atoms with Crippen molar-refractivity contribution in [3.05, 3.63) is 33.1 Å². The van der Waals surface area contributed by atoms with Crippen molar-refractivity contribution in [2.45, 2.75) is 104 Å². The van der Waals surface area contributed by atoms with Crippen molar-refractivity contribution in [3.8, 4) is 8.87 Å². The van der Waals surface area contributed by atoms with Crippen LogP contribution in [0.25, 0.3) is 8.87 Å². The van der Waals surface area contributed by atoms with Crippen molar-refractivity contribution in [1.82, 2.24) is 0 Å². The Kier molecular flexibility index (Phi) is 12.1. The molecule has 0 aliphatic heterocycles. The van der Waals surface area contributed by atoms with E-state index in [0.717, 1.165) is 0 Å². The zero-order valence-electron chi connectivity index (χ0n) is 17.0. The third kappa shape index (κ3) is 8.79. The summed E-state index contributed by atoms with van der Waals surface area (Å²) in [5, 5.41) is 0. The zero-order chi connectivity index (χ0) is 18.5. The van der Waals surface area contributed by atoms with E-state index in [0.29, 0.717) is 29.0 Å². The average molecular weight is 484 g/mol. The van der Waals surface area contributed by atoms with Gasteiger partial charge in [-0.25, -0.2) is 0 Å². The first-order valence-electron chi connectivity index (χ1n) is 11.0. The molecule has 2 heterocycles. The molecule has 0 atom stereocenters. The van der Waals surface area contributed by atoms with Crippen LogP contribution in [-0.4, -0.2) is 29.0 Å². The van der Waals surface area contributed by atoms with Crippen molar-refractivity contribution < 1.29 is 0 Å². The van der Waals surface area contributed by atoms with Gasteiger partial charge in [0.05, 0.1) is 0 Å². The monoisotopic (exact) mass is 486 g/mol. The van der Waals surface area contributed by atoms with Gasteiger partial charge in [0.2, 0.25) is 0 Å². The molecule has 0 aromatic carbocycles. The van der Waals surface area contributed by atoms with Crippen LogP contribution in [0.5, 0.6) is 0 Å². The van der Waals surface area contributed by atoms with Crippen molar-refractivity contribution in [1.29, 1.82) is 0 Å². The molecule has 0 saturated heterocycles. The number of rotatable bonds is 15. The summed E-state index contributed by atoms with van der Waals surface area (Å²) in [7, 11) is 0. The summed E-state index contributed by atoms with van der Waals surface area (Å²) in [5.41, 5.74) is 3.27. The van der Waals surface area contributed by atoms with Crippen molar-refractivity contribution in [3.63, 3.8) is 0 Å². The first-order valence-corrected chi connectivity index (χ1v) is 14.7. The van der Waals surface area contributed by atoms with Gasteiger partial charge in [-0.3, -0.25) is 0 Å². The summed E-state index contributed by atoms with van der Waals surface area (Å²) in [6, 6.07) is 5.09. The van der Waals surface area contributed by atoms with Crippen LogP contribution < -0.4 is 0 Å². The molecule has 146 valence electrons. The van der Waals surface area contributed by atoms with E-state index in [9.17, 15) is 0 Å². The molecule has 0 spiro atoms. The van der Waals surface area contributed by atoms with Crippen molar-refractivity contribution in [2.24, 2.45) is 0 Å². The zero-order valence-corrected chi connectivity index (χ0v) is 20.5. The minimum atomic E-state index is 0.606. The molecule has 2 rings (SSSR count). The Balaban J connectivity index is 1.67. The van der Waals surface area contributed by atoms with Gasteiger partial charge in [0.1, 0.15) is 0 Å². The second kappa shape index (κ2) is 14.1. The SMILES string of the molecule is CCCCCCCCc1c[se]c(-c2cc(CCCCCCCC)c[se]2)c1. The number of aryl methyl sites for hydroxylation is 2. The first-order chi connectivity index (χ1) is 12.8. The predicted octanol–water partition coefficient (Wildman–Crippen LogP) is 7.27. The standard InChI is InChI=1S/C24H38Se2/c1-3-5-7-9-11-13-15-21-17-23(25-19-21)24-18-22(20-26-24)16-14-12-10-8-6-4-2/h17-20H,3-16H2,1-2H3. The Bertz CT molecular complexity index is 526. The normalized spacial score (nSPS) is 11.3. The summed E-state index contributed by atoms with van der Waals surface area (Å²) in [6.45, 7) is 4.59. The van der Waals surface area contributed by atoms with E-state index in [2.05, 4.69) is 35.9 Å². The topological polar surface area (TPSA) is 0 Å². The average Bonchev–Trinajstić information content (AvgIpc) is 3.30. The second-order valence-electron chi connectivity index (χ2n) is 7.67. The van der Waals surface area contributed by atoms with E-state index in [1.165, 1.54) is 89.9 Å². The van der Waals surface area contributed by atoms with Gasteiger partial charge in [0, 0.05) is 0 Å². The second-order valence-corrected chi connectivity index (χ2v) is 11.5. The van der Waals surface area contributed by atoms with E-state index >= 15 is 0 Å². The number of unbranched alkanes of at least 4 members (excludes halogenated alkanes) is 10. The van der Waals surface area contributed by atoms with Crippen LogP contribution in [0.2, 0.25) is 0 Å². The van der Waals surface area contributed by atoms with E-state index in [1.54, 1.807) is 20.0 Å². The molecule has 0 bridgehead atoms. The molecule has 0 amide bonds. The van der Waals surface area contributed by atoms with Crippen molar-refractivity contribution in [2.75, 3.05) is 0 Å². The molecule has 0 aliphatic rings. The minimum absolute atomic E-state index is 0.606. The molecule has 0 N–H and O–H groups in total. The number of hydrogen-bond acceptors (Lipinski definition) is 0. The Morgan fingerprint density at radius 1 is 0.538 bits per heavy atom. The van der Waals surface area contributed by atoms with Crippen LogP contribution in [-0.2, 0) is 12.8 Å².